The van der Waals surface area contributed by atoms with E-state index in [-0.39, 0.29) is 42.4 Å². The number of piperidine rings is 1. The number of hydrogen-bond donors (Lipinski definition) is 2. The van der Waals surface area contributed by atoms with Gasteiger partial charge in [-0.1, -0.05) is 44.2 Å². The van der Waals surface area contributed by atoms with Gasteiger partial charge >= 0.3 is 5.69 Å². The number of anilines is 2. The topological polar surface area (TPSA) is 131 Å². The van der Waals surface area contributed by atoms with E-state index in [0.717, 1.165) is 5.56 Å². The summed E-state index contributed by atoms with van der Waals surface area (Å²) in [5, 5.41) is 0. The number of H-pyrrole nitrogens is 1. The van der Waals surface area contributed by atoms with E-state index >= 15 is 0 Å². The number of carbonyl (C=O) groups is 2. The zero-order chi connectivity index (χ0) is 26.2. The summed E-state index contributed by atoms with van der Waals surface area (Å²) in [6.45, 7) is 5.30. The van der Waals surface area contributed by atoms with Crippen molar-refractivity contribution in [3.63, 3.8) is 0 Å². The highest BCUT2D eigenvalue weighted by atomic mass is 16.5. The zero-order valence-corrected chi connectivity index (χ0v) is 21.1. The predicted octanol–water partition coefficient (Wildman–Crippen LogP) is 1.71. The largest absolute Gasteiger partial charge is 0.383 e. The number of benzene rings is 1. The second-order valence-corrected chi connectivity index (χ2v) is 9.32. The summed E-state index contributed by atoms with van der Waals surface area (Å²) >= 11 is 0. The molecular weight excluding hydrogens is 462 g/mol. The highest BCUT2D eigenvalue weighted by Crippen LogP contribution is 2.25. The number of ether oxygens (including phenoxy) is 1. The van der Waals surface area contributed by atoms with Crippen molar-refractivity contribution in [1.82, 2.24) is 14.5 Å². The van der Waals surface area contributed by atoms with Gasteiger partial charge in [-0.05, 0) is 30.4 Å². The third-order valence-corrected chi connectivity index (χ3v) is 6.19. The van der Waals surface area contributed by atoms with Crippen LogP contribution in [0.1, 0.15) is 32.3 Å². The summed E-state index contributed by atoms with van der Waals surface area (Å²) < 4.78 is 6.45. The van der Waals surface area contributed by atoms with Crippen LogP contribution in [0, 0.1) is 11.8 Å². The van der Waals surface area contributed by atoms with E-state index in [1.807, 2.05) is 44.2 Å². The van der Waals surface area contributed by atoms with Crippen LogP contribution >= 0.6 is 0 Å². The van der Waals surface area contributed by atoms with Crippen LogP contribution in [-0.2, 0) is 20.9 Å². The monoisotopic (exact) mass is 497 g/mol. The first-order valence-electron chi connectivity index (χ1n) is 12.2. The molecule has 10 nitrogen and oxygen atoms in total. The Balaban J connectivity index is 1.76. The molecule has 0 spiro atoms. The molecule has 0 aliphatic carbocycles. The SMILES string of the molecule is COCCN(C(=O)C1CCN(C(=O)C=Cc2ccccc2)CC1)c1c(N)n(CC(C)C)c(=O)[nH]c1=O. The lowest BCUT2D eigenvalue weighted by Crippen LogP contribution is -2.48. The van der Waals surface area contributed by atoms with Crippen LogP contribution in [0.15, 0.2) is 46.0 Å². The van der Waals surface area contributed by atoms with Crippen molar-refractivity contribution < 1.29 is 14.3 Å². The van der Waals surface area contributed by atoms with E-state index in [2.05, 4.69) is 4.98 Å². The minimum absolute atomic E-state index is 0.0402. The van der Waals surface area contributed by atoms with Crippen molar-refractivity contribution in [1.29, 1.82) is 0 Å². The minimum Gasteiger partial charge on any atom is -0.383 e. The summed E-state index contributed by atoms with van der Waals surface area (Å²) in [6, 6.07) is 9.56. The van der Waals surface area contributed by atoms with Gasteiger partial charge in [-0.2, -0.15) is 0 Å². The number of amides is 2. The first-order chi connectivity index (χ1) is 17.2. The van der Waals surface area contributed by atoms with Crippen LogP contribution in [0.25, 0.3) is 6.08 Å². The fourth-order valence-electron chi connectivity index (χ4n) is 4.30. The lowest BCUT2D eigenvalue weighted by Gasteiger charge is -2.34. The molecule has 0 radical (unpaired) electrons. The summed E-state index contributed by atoms with van der Waals surface area (Å²) in [4.78, 5) is 56.7. The molecule has 1 fully saturated rings. The Labute approximate surface area is 210 Å². The summed E-state index contributed by atoms with van der Waals surface area (Å²) in [5.41, 5.74) is 5.85. The molecule has 0 atom stereocenters. The molecule has 3 N–H and O–H groups in total. The molecule has 1 aromatic carbocycles. The van der Waals surface area contributed by atoms with Gasteiger partial charge in [0.05, 0.1) is 6.61 Å². The minimum atomic E-state index is -0.708. The average molecular weight is 498 g/mol. The van der Waals surface area contributed by atoms with Gasteiger partial charge in [0.2, 0.25) is 11.8 Å². The first kappa shape index (κ1) is 26.9. The molecule has 1 aromatic heterocycles. The number of aromatic amines is 1. The number of nitrogens with one attached hydrogen (secondary N) is 1. The van der Waals surface area contributed by atoms with Crippen molar-refractivity contribution in [2.75, 3.05) is 44.0 Å². The lowest BCUT2D eigenvalue weighted by atomic mass is 9.95. The van der Waals surface area contributed by atoms with E-state index in [0.29, 0.717) is 32.5 Å². The van der Waals surface area contributed by atoms with E-state index in [1.165, 1.54) is 16.6 Å². The maximum atomic E-state index is 13.6. The van der Waals surface area contributed by atoms with Gasteiger partial charge in [0.15, 0.2) is 5.69 Å². The number of nitrogen functional groups attached to an aromatic ring is 1. The van der Waals surface area contributed by atoms with Crippen LogP contribution in [0.2, 0.25) is 0 Å². The molecule has 194 valence electrons. The highest BCUT2D eigenvalue weighted by molar-refractivity contribution is 5.97. The van der Waals surface area contributed by atoms with Crippen molar-refractivity contribution in [2.45, 2.75) is 33.2 Å². The number of carbonyl (C=O) groups excluding carboxylic acids is 2. The molecule has 36 heavy (non-hydrogen) atoms. The lowest BCUT2D eigenvalue weighted by molar-refractivity contribution is -0.131. The number of rotatable bonds is 9. The Morgan fingerprint density at radius 2 is 1.86 bits per heavy atom. The third kappa shape index (κ3) is 6.51. The molecule has 0 saturated carbocycles. The van der Waals surface area contributed by atoms with Gasteiger partial charge in [0.1, 0.15) is 5.82 Å². The number of aromatic nitrogens is 2. The molecule has 2 aromatic rings. The van der Waals surface area contributed by atoms with Gasteiger partial charge in [-0.3, -0.25) is 23.9 Å². The van der Waals surface area contributed by atoms with Gasteiger partial charge < -0.3 is 20.3 Å². The zero-order valence-electron chi connectivity index (χ0n) is 21.1. The fraction of sp³-hybridized carbons (Fsp3) is 0.462. The summed E-state index contributed by atoms with van der Waals surface area (Å²) in [7, 11) is 1.50. The number of nitrogens with zero attached hydrogens (tertiary/aromatic N) is 3. The van der Waals surface area contributed by atoms with Crippen LogP contribution in [0.4, 0.5) is 11.5 Å². The van der Waals surface area contributed by atoms with Gasteiger partial charge in [-0.15, -0.1) is 0 Å². The Bertz CT molecular complexity index is 1190. The Morgan fingerprint density at radius 1 is 1.19 bits per heavy atom. The molecular formula is C26H35N5O5. The molecule has 1 aliphatic rings. The van der Waals surface area contributed by atoms with Crippen LogP contribution in [-0.4, -0.2) is 59.6 Å². The molecule has 1 saturated heterocycles. The van der Waals surface area contributed by atoms with Crippen molar-refractivity contribution >= 4 is 29.4 Å². The number of nitrogens with two attached hydrogens (primary N) is 1. The summed E-state index contributed by atoms with van der Waals surface area (Å²) in [5.74, 6) is -0.716. The standard InChI is InChI=1S/C26H35N5O5/c1-18(2)17-31-23(27)22(24(33)28-26(31)35)30(15-16-36-3)25(34)20-11-13-29(14-12-20)21(32)10-9-19-7-5-4-6-8-19/h4-10,18,20H,11-17,27H2,1-3H3,(H,28,33,35). The maximum Gasteiger partial charge on any atom is 0.330 e. The Hall–Kier alpha value is -3.66. The molecule has 2 amide bonds. The second kappa shape index (κ2) is 12.3. The van der Waals surface area contributed by atoms with Gasteiger partial charge in [0, 0.05) is 45.3 Å². The predicted molar refractivity (Wildman–Crippen MR) is 140 cm³/mol. The second-order valence-electron chi connectivity index (χ2n) is 9.32. The highest BCUT2D eigenvalue weighted by Gasteiger charge is 2.33. The van der Waals surface area contributed by atoms with E-state index in [1.54, 1.807) is 17.1 Å². The Kier molecular flexibility index (Phi) is 9.24. The quantitative estimate of drug-likeness (QED) is 0.507. The normalized spacial score (nSPS) is 14.5. The van der Waals surface area contributed by atoms with E-state index < -0.39 is 17.2 Å². The molecule has 1 aliphatic heterocycles. The molecule has 3 rings (SSSR count). The molecule has 2 heterocycles. The van der Waals surface area contributed by atoms with Crippen LogP contribution in [0.5, 0.6) is 0 Å². The van der Waals surface area contributed by atoms with Crippen molar-refractivity contribution in [3.8, 4) is 0 Å². The van der Waals surface area contributed by atoms with Crippen LogP contribution < -0.4 is 21.9 Å². The molecule has 0 unspecified atom stereocenters. The van der Waals surface area contributed by atoms with Crippen molar-refractivity contribution in [3.05, 3.63) is 62.8 Å². The average Bonchev–Trinajstić information content (AvgIpc) is 2.87. The van der Waals surface area contributed by atoms with Crippen molar-refractivity contribution in [2.24, 2.45) is 11.8 Å². The van der Waals surface area contributed by atoms with E-state index in [4.69, 9.17) is 10.5 Å². The fourth-order valence-corrected chi connectivity index (χ4v) is 4.30. The van der Waals surface area contributed by atoms with Gasteiger partial charge in [0.25, 0.3) is 5.56 Å². The first-order valence-corrected chi connectivity index (χ1v) is 12.2. The summed E-state index contributed by atoms with van der Waals surface area (Å²) in [6.07, 6.45) is 4.22. The Morgan fingerprint density at radius 3 is 2.47 bits per heavy atom. The van der Waals surface area contributed by atoms with Gasteiger partial charge in [-0.25, -0.2) is 4.79 Å². The van der Waals surface area contributed by atoms with E-state index in [9.17, 15) is 19.2 Å². The molecule has 0 bridgehead atoms. The maximum absolute atomic E-state index is 13.6. The smallest absolute Gasteiger partial charge is 0.330 e. The number of likely N-dealkylation sites (tertiary alicyclic amines) is 1. The number of hydrogen-bond acceptors (Lipinski definition) is 6. The molecule has 10 heteroatoms. The number of methoxy groups -OCH3 is 1. The van der Waals surface area contributed by atoms with Crippen LogP contribution in [0.3, 0.4) is 0 Å². The third-order valence-electron chi connectivity index (χ3n) is 6.19.